The van der Waals surface area contributed by atoms with E-state index in [1.807, 2.05) is 7.05 Å². The smallest absolute Gasteiger partial charge is 0.303 e. The van der Waals surface area contributed by atoms with E-state index in [4.69, 9.17) is 5.11 Å². The number of carbonyl (C=O) groups excluding carboxylic acids is 1. The van der Waals surface area contributed by atoms with E-state index in [0.717, 1.165) is 19.5 Å². The van der Waals surface area contributed by atoms with Crippen LogP contribution in [0.5, 0.6) is 0 Å². The number of rotatable bonds is 5. The maximum absolute atomic E-state index is 11.6. The predicted octanol–water partition coefficient (Wildman–Crippen LogP) is -0.0809. The van der Waals surface area contributed by atoms with Crippen LogP contribution in [0.25, 0.3) is 0 Å². The van der Waals surface area contributed by atoms with Crippen molar-refractivity contribution in [3.63, 3.8) is 0 Å². The van der Waals surface area contributed by atoms with Gasteiger partial charge >= 0.3 is 5.97 Å². The lowest BCUT2D eigenvalue weighted by Gasteiger charge is -2.10. The highest BCUT2D eigenvalue weighted by Crippen LogP contribution is 2.13. The van der Waals surface area contributed by atoms with Crippen molar-refractivity contribution in [2.75, 3.05) is 26.7 Å². The fraction of sp³-hybridized carbons (Fsp3) is 0.800. The molecule has 1 unspecified atom stereocenters. The van der Waals surface area contributed by atoms with E-state index < -0.39 is 5.97 Å². The van der Waals surface area contributed by atoms with Gasteiger partial charge in [-0.1, -0.05) is 0 Å². The molecule has 0 aromatic carbocycles. The van der Waals surface area contributed by atoms with Crippen LogP contribution in [0.4, 0.5) is 0 Å². The van der Waals surface area contributed by atoms with E-state index in [1.54, 1.807) is 0 Å². The van der Waals surface area contributed by atoms with Crippen molar-refractivity contribution in [3.8, 4) is 0 Å². The highest BCUT2D eigenvalue weighted by molar-refractivity contribution is 5.79. The maximum atomic E-state index is 11.6. The third-order valence-electron chi connectivity index (χ3n) is 2.63. The molecule has 1 aliphatic heterocycles. The second-order valence-electron chi connectivity index (χ2n) is 4.04. The molecule has 5 nitrogen and oxygen atoms in total. The highest BCUT2D eigenvalue weighted by atomic mass is 16.4. The van der Waals surface area contributed by atoms with Gasteiger partial charge in [0.05, 0.1) is 5.92 Å². The molecule has 1 aliphatic rings. The van der Waals surface area contributed by atoms with E-state index in [2.05, 4.69) is 10.2 Å². The van der Waals surface area contributed by atoms with Crippen LogP contribution >= 0.6 is 0 Å². The molecule has 1 rings (SSSR count). The minimum atomic E-state index is -0.815. The van der Waals surface area contributed by atoms with Crippen LogP contribution in [-0.4, -0.2) is 48.6 Å². The van der Waals surface area contributed by atoms with Crippen LogP contribution in [-0.2, 0) is 9.59 Å². The molecule has 0 spiro atoms. The third-order valence-corrected chi connectivity index (χ3v) is 2.63. The zero-order valence-corrected chi connectivity index (χ0v) is 9.03. The van der Waals surface area contributed by atoms with E-state index in [-0.39, 0.29) is 18.2 Å². The summed E-state index contributed by atoms with van der Waals surface area (Å²) in [5.41, 5.74) is 0. The molecular weight excluding hydrogens is 196 g/mol. The van der Waals surface area contributed by atoms with Gasteiger partial charge in [-0.15, -0.1) is 0 Å². The first-order valence-electron chi connectivity index (χ1n) is 5.27. The van der Waals surface area contributed by atoms with Gasteiger partial charge in [0.2, 0.25) is 5.91 Å². The second-order valence-corrected chi connectivity index (χ2v) is 4.04. The van der Waals surface area contributed by atoms with Crippen molar-refractivity contribution >= 4 is 11.9 Å². The number of carboxylic acid groups (broad SMARTS) is 1. The summed E-state index contributed by atoms with van der Waals surface area (Å²) in [5, 5.41) is 11.2. The molecule has 1 amide bonds. The molecular formula is C10H18N2O3. The summed E-state index contributed by atoms with van der Waals surface area (Å²) >= 11 is 0. The van der Waals surface area contributed by atoms with Crippen LogP contribution in [0.1, 0.15) is 19.3 Å². The Labute approximate surface area is 89.4 Å². The van der Waals surface area contributed by atoms with Crippen LogP contribution < -0.4 is 5.32 Å². The first kappa shape index (κ1) is 12.0. The monoisotopic (exact) mass is 214 g/mol. The average Bonchev–Trinajstić information content (AvgIpc) is 2.59. The van der Waals surface area contributed by atoms with Gasteiger partial charge in [0.25, 0.3) is 0 Å². The summed E-state index contributed by atoms with van der Waals surface area (Å²) in [6.45, 7) is 2.24. The van der Waals surface area contributed by atoms with Crippen LogP contribution in [0.15, 0.2) is 0 Å². The van der Waals surface area contributed by atoms with Crippen molar-refractivity contribution in [1.82, 2.24) is 10.2 Å². The minimum absolute atomic E-state index is 0.0599. The lowest BCUT2D eigenvalue weighted by Crippen LogP contribution is -2.33. The van der Waals surface area contributed by atoms with E-state index in [9.17, 15) is 9.59 Å². The van der Waals surface area contributed by atoms with Crippen molar-refractivity contribution < 1.29 is 14.7 Å². The Hall–Kier alpha value is -1.10. The Kier molecular flexibility index (Phi) is 4.55. The Balaban J connectivity index is 2.11. The van der Waals surface area contributed by atoms with Crippen molar-refractivity contribution in [3.05, 3.63) is 0 Å². The van der Waals surface area contributed by atoms with E-state index >= 15 is 0 Å². The molecule has 1 fully saturated rings. The summed E-state index contributed by atoms with van der Waals surface area (Å²) in [4.78, 5) is 23.9. The van der Waals surface area contributed by atoms with Gasteiger partial charge < -0.3 is 15.3 Å². The summed E-state index contributed by atoms with van der Waals surface area (Å²) in [6, 6.07) is 0. The molecule has 1 heterocycles. The summed E-state index contributed by atoms with van der Waals surface area (Å²) in [7, 11) is 2.00. The van der Waals surface area contributed by atoms with Crippen LogP contribution in [0.3, 0.4) is 0 Å². The number of carboxylic acids is 1. The number of likely N-dealkylation sites (tertiary alicyclic amines) is 1. The summed E-state index contributed by atoms with van der Waals surface area (Å²) < 4.78 is 0. The molecule has 0 radical (unpaired) electrons. The Bertz CT molecular complexity index is 243. The summed E-state index contributed by atoms with van der Waals surface area (Å²) in [6.07, 6.45) is 1.52. The minimum Gasteiger partial charge on any atom is -0.481 e. The molecule has 86 valence electrons. The quantitative estimate of drug-likeness (QED) is 0.628. The lowest BCUT2D eigenvalue weighted by atomic mass is 10.1. The number of amides is 1. The largest absolute Gasteiger partial charge is 0.481 e. The molecule has 0 saturated carbocycles. The van der Waals surface area contributed by atoms with E-state index in [0.29, 0.717) is 13.0 Å². The number of hydrogen-bond donors (Lipinski definition) is 2. The normalized spacial score (nSPS) is 21.5. The Morgan fingerprint density at radius 3 is 2.80 bits per heavy atom. The SMILES string of the molecule is CN1CCC(C(=O)NCCCC(=O)O)C1. The standard InChI is InChI=1S/C10H18N2O3/c1-12-6-4-8(7-12)10(15)11-5-2-3-9(13)14/h8H,2-7H2,1H3,(H,11,15)(H,13,14). The van der Waals surface area contributed by atoms with Crippen molar-refractivity contribution in [2.24, 2.45) is 5.92 Å². The van der Waals surface area contributed by atoms with Crippen LogP contribution in [0.2, 0.25) is 0 Å². The molecule has 2 N–H and O–H groups in total. The topological polar surface area (TPSA) is 69.6 Å². The predicted molar refractivity (Wildman–Crippen MR) is 55.5 cm³/mol. The van der Waals surface area contributed by atoms with Gasteiger partial charge in [0, 0.05) is 19.5 Å². The molecule has 0 aromatic heterocycles. The first-order chi connectivity index (χ1) is 7.09. The Morgan fingerprint density at radius 1 is 1.53 bits per heavy atom. The van der Waals surface area contributed by atoms with Crippen molar-refractivity contribution in [2.45, 2.75) is 19.3 Å². The van der Waals surface area contributed by atoms with Gasteiger partial charge in [-0.3, -0.25) is 9.59 Å². The number of nitrogens with zero attached hydrogens (tertiary/aromatic N) is 1. The first-order valence-corrected chi connectivity index (χ1v) is 5.27. The molecule has 0 aromatic rings. The number of carbonyl (C=O) groups is 2. The summed E-state index contributed by atoms with van der Waals surface area (Å²) in [5.74, 6) is -0.672. The maximum Gasteiger partial charge on any atom is 0.303 e. The molecule has 5 heteroatoms. The fourth-order valence-electron chi connectivity index (χ4n) is 1.74. The zero-order valence-electron chi connectivity index (χ0n) is 9.03. The third kappa shape index (κ3) is 4.29. The number of aliphatic carboxylic acids is 1. The molecule has 1 atom stereocenters. The van der Waals surface area contributed by atoms with E-state index in [1.165, 1.54) is 0 Å². The van der Waals surface area contributed by atoms with Crippen LogP contribution in [0, 0.1) is 5.92 Å². The zero-order chi connectivity index (χ0) is 11.3. The van der Waals surface area contributed by atoms with Crippen molar-refractivity contribution in [1.29, 1.82) is 0 Å². The average molecular weight is 214 g/mol. The molecule has 0 bridgehead atoms. The molecule has 0 aliphatic carbocycles. The lowest BCUT2D eigenvalue weighted by molar-refractivity contribution is -0.137. The number of hydrogen-bond acceptors (Lipinski definition) is 3. The second kappa shape index (κ2) is 5.70. The Morgan fingerprint density at radius 2 is 2.27 bits per heavy atom. The molecule has 15 heavy (non-hydrogen) atoms. The fourth-order valence-corrected chi connectivity index (χ4v) is 1.74. The molecule has 1 saturated heterocycles. The van der Waals surface area contributed by atoms with Gasteiger partial charge in [0.15, 0.2) is 0 Å². The highest BCUT2D eigenvalue weighted by Gasteiger charge is 2.25. The van der Waals surface area contributed by atoms with Gasteiger partial charge in [0.1, 0.15) is 0 Å². The van der Waals surface area contributed by atoms with Gasteiger partial charge in [-0.25, -0.2) is 0 Å². The number of nitrogens with one attached hydrogen (secondary N) is 1. The van der Waals surface area contributed by atoms with Gasteiger partial charge in [-0.05, 0) is 26.4 Å². The van der Waals surface area contributed by atoms with Gasteiger partial charge in [-0.2, -0.15) is 0 Å².